The van der Waals surface area contributed by atoms with Crippen LogP contribution in [0.5, 0.6) is 0 Å². The van der Waals surface area contributed by atoms with Crippen LogP contribution in [0.3, 0.4) is 0 Å². The standard InChI is InChI=1S/C21H19N3O5/c1-22(2)10-11-23-18(13-6-5-7-14(12-13)24(27)28)17-19(25)15-8-3-4-9-16(15)29-20(17)21(23)26/h3-9,12,18H,10-11H2,1-2H3/t18-/m0/s1. The summed E-state index contributed by atoms with van der Waals surface area (Å²) in [6.07, 6.45) is 0. The van der Waals surface area contributed by atoms with E-state index >= 15 is 0 Å². The largest absolute Gasteiger partial charge is 0.450 e. The molecule has 29 heavy (non-hydrogen) atoms. The Morgan fingerprint density at radius 3 is 2.62 bits per heavy atom. The second kappa shape index (κ2) is 7.14. The highest BCUT2D eigenvalue weighted by Crippen LogP contribution is 2.38. The maximum absolute atomic E-state index is 13.3. The van der Waals surface area contributed by atoms with Gasteiger partial charge >= 0.3 is 0 Å². The van der Waals surface area contributed by atoms with Gasteiger partial charge in [-0.05, 0) is 31.8 Å². The predicted molar refractivity (Wildman–Crippen MR) is 107 cm³/mol. The summed E-state index contributed by atoms with van der Waals surface area (Å²) in [5, 5.41) is 11.6. The molecule has 1 aliphatic rings. The summed E-state index contributed by atoms with van der Waals surface area (Å²) in [4.78, 5) is 40.7. The molecule has 0 fully saturated rings. The van der Waals surface area contributed by atoms with Gasteiger partial charge in [0.25, 0.3) is 11.6 Å². The van der Waals surface area contributed by atoms with Crippen molar-refractivity contribution in [3.8, 4) is 0 Å². The van der Waals surface area contributed by atoms with Crippen molar-refractivity contribution < 1.29 is 14.1 Å². The molecule has 148 valence electrons. The normalized spacial score (nSPS) is 15.9. The van der Waals surface area contributed by atoms with Crippen molar-refractivity contribution in [1.29, 1.82) is 0 Å². The van der Waals surface area contributed by atoms with E-state index in [0.717, 1.165) is 0 Å². The van der Waals surface area contributed by atoms with E-state index in [2.05, 4.69) is 0 Å². The van der Waals surface area contributed by atoms with Gasteiger partial charge in [-0.2, -0.15) is 0 Å². The molecule has 0 saturated heterocycles. The van der Waals surface area contributed by atoms with Crippen LogP contribution in [-0.4, -0.2) is 47.8 Å². The molecule has 0 bridgehead atoms. The lowest BCUT2D eigenvalue weighted by Gasteiger charge is -2.26. The maximum atomic E-state index is 13.3. The number of nitro groups is 1. The third kappa shape index (κ3) is 3.17. The fourth-order valence-electron chi connectivity index (χ4n) is 3.66. The van der Waals surface area contributed by atoms with Crippen molar-refractivity contribution in [3.05, 3.63) is 85.8 Å². The third-order valence-electron chi connectivity index (χ3n) is 5.06. The molecular weight excluding hydrogens is 374 g/mol. The number of benzene rings is 2. The van der Waals surface area contributed by atoms with Gasteiger partial charge < -0.3 is 14.2 Å². The lowest BCUT2D eigenvalue weighted by molar-refractivity contribution is -0.384. The van der Waals surface area contributed by atoms with Crippen molar-refractivity contribution in [2.75, 3.05) is 27.2 Å². The molecule has 1 amide bonds. The van der Waals surface area contributed by atoms with Gasteiger partial charge in [-0.3, -0.25) is 19.7 Å². The van der Waals surface area contributed by atoms with Gasteiger partial charge in [0.05, 0.1) is 21.9 Å². The van der Waals surface area contributed by atoms with Crippen LogP contribution in [-0.2, 0) is 0 Å². The van der Waals surface area contributed by atoms with Gasteiger partial charge in [-0.15, -0.1) is 0 Å². The summed E-state index contributed by atoms with van der Waals surface area (Å²) in [5.41, 5.74) is 0.692. The molecule has 0 saturated carbocycles. The van der Waals surface area contributed by atoms with Crippen molar-refractivity contribution in [3.63, 3.8) is 0 Å². The van der Waals surface area contributed by atoms with Gasteiger partial charge in [0.15, 0.2) is 5.43 Å². The fourth-order valence-corrected chi connectivity index (χ4v) is 3.66. The third-order valence-corrected chi connectivity index (χ3v) is 5.06. The van der Waals surface area contributed by atoms with E-state index in [1.807, 2.05) is 19.0 Å². The SMILES string of the molecule is CN(C)CCN1C(=O)c2oc3ccccc3c(=O)c2[C@@H]1c1cccc([N+](=O)[O-])c1. The zero-order chi connectivity index (χ0) is 20.7. The molecule has 1 aromatic heterocycles. The smallest absolute Gasteiger partial charge is 0.290 e. The monoisotopic (exact) mass is 393 g/mol. The van der Waals surface area contributed by atoms with Crippen molar-refractivity contribution >= 4 is 22.6 Å². The van der Waals surface area contributed by atoms with Crippen molar-refractivity contribution in [2.24, 2.45) is 0 Å². The van der Waals surface area contributed by atoms with E-state index < -0.39 is 11.0 Å². The Kier molecular flexibility index (Phi) is 4.63. The summed E-state index contributed by atoms with van der Waals surface area (Å²) in [6.45, 7) is 0.915. The quantitative estimate of drug-likeness (QED) is 0.488. The summed E-state index contributed by atoms with van der Waals surface area (Å²) >= 11 is 0. The lowest BCUT2D eigenvalue weighted by atomic mass is 9.98. The topological polar surface area (TPSA) is 96.9 Å². The molecule has 0 radical (unpaired) electrons. The first-order valence-electron chi connectivity index (χ1n) is 9.14. The summed E-state index contributed by atoms with van der Waals surface area (Å²) < 4.78 is 5.83. The number of hydrogen-bond acceptors (Lipinski definition) is 6. The summed E-state index contributed by atoms with van der Waals surface area (Å²) in [7, 11) is 3.77. The van der Waals surface area contributed by atoms with Crippen LogP contribution in [0.2, 0.25) is 0 Å². The zero-order valence-corrected chi connectivity index (χ0v) is 16.0. The highest BCUT2D eigenvalue weighted by atomic mass is 16.6. The van der Waals surface area contributed by atoms with E-state index in [1.54, 1.807) is 41.3 Å². The molecule has 0 spiro atoms. The fraction of sp³-hybridized carbons (Fsp3) is 0.238. The average Bonchev–Trinajstić information content (AvgIpc) is 2.99. The van der Waals surface area contributed by atoms with E-state index in [9.17, 15) is 19.7 Å². The van der Waals surface area contributed by atoms with Gasteiger partial charge in [-0.25, -0.2) is 0 Å². The number of fused-ring (bicyclic) bond motifs is 2. The molecule has 0 N–H and O–H groups in total. The Hall–Kier alpha value is -3.52. The van der Waals surface area contributed by atoms with E-state index in [4.69, 9.17) is 4.42 Å². The second-order valence-corrected chi connectivity index (χ2v) is 7.23. The van der Waals surface area contributed by atoms with Crippen LogP contribution >= 0.6 is 0 Å². The van der Waals surface area contributed by atoms with Crippen LogP contribution < -0.4 is 5.43 Å². The minimum atomic E-state index is -0.738. The molecule has 3 aromatic rings. The number of amides is 1. The molecule has 1 aliphatic heterocycles. The maximum Gasteiger partial charge on any atom is 0.290 e. The number of non-ortho nitro benzene ring substituents is 1. The Balaban J connectivity index is 1.94. The second-order valence-electron chi connectivity index (χ2n) is 7.23. The Labute approximate surface area is 166 Å². The Morgan fingerprint density at radius 1 is 1.14 bits per heavy atom. The number of rotatable bonds is 5. The highest BCUT2D eigenvalue weighted by molar-refractivity contribution is 5.99. The van der Waals surface area contributed by atoms with Gasteiger partial charge in [0.1, 0.15) is 5.58 Å². The first-order valence-corrected chi connectivity index (χ1v) is 9.14. The van der Waals surface area contributed by atoms with E-state index in [1.165, 1.54) is 12.1 Å². The summed E-state index contributed by atoms with van der Waals surface area (Å²) in [6, 6.07) is 12.1. The van der Waals surface area contributed by atoms with Crippen molar-refractivity contribution in [1.82, 2.24) is 9.80 Å². The van der Waals surface area contributed by atoms with Crippen LogP contribution in [0, 0.1) is 10.1 Å². The molecule has 8 heteroatoms. The number of hydrogen-bond donors (Lipinski definition) is 0. The van der Waals surface area contributed by atoms with Crippen molar-refractivity contribution in [2.45, 2.75) is 6.04 Å². The predicted octanol–water partition coefficient (Wildman–Crippen LogP) is 2.81. The van der Waals surface area contributed by atoms with Crippen LogP contribution in [0.1, 0.15) is 27.7 Å². The Morgan fingerprint density at radius 2 is 1.90 bits per heavy atom. The molecular formula is C21H19N3O5. The van der Waals surface area contributed by atoms with Gasteiger partial charge in [-0.1, -0.05) is 24.3 Å². The van der Waals surface area contributed by atoms with Crippen LogP contribution in [0.25, 0.3) is 11.0 Å². The first-order chi connectivity index (χ1) is 13.9. The number of carbonyl (C=O) groups is 1. The molecule has 1 atom stereocenters. The molecule has 8 nitrogen and oxygen atoms in total. The van der Waals surface area contributed by atoms with Gasteiger partial charge in [0.2, 0.25) is 5.76 Å². The number of carbonyl (C=O) groups excluding carboxylic acids is 1. The van der Waals surface area contributed by atoms with Gasteiger partial charge in [0, 0.05) is 25.2 Å². The van der Waals surface area contributed by atoms with E-state index in [-0.39, 0.29) is 28.3 Å². The molecule has 2 heterocycles. The summed E-state index contributed by atoms with van der Waals surface area (Å²) in [5.74, 6) is -0.384. The number of nitrogens with zero attached hydrogens (tertiary/aromatic N) is 3. The van der Waals surface area contributed by atoms with E-state index in [0.29, 0.717) is 29.6 Å². The molecule has 2 aromatic carbocycles. The van der Waals surface area contributed by atoms with Crippen LogP contribution in [0.4, 0.5) is 5.69 Å². The Bertz CT molecular complexity index is 1180. The highest BCUT2D eigenvalue weighted by Gasteiger charge is 2.42. The molecule has 4 rings (SSSR count). The minimum absolute atomic E-state index is 0.00367. The zero-order valence-electron chi connectivity index (χ0n) is 16.0. The minimum Gasteiger partial charge on any atom is -0.450 e. The lowest BCUT2D eigenvalue weighted by Crippen LogP contribution is -2.35. The first kappa shape index (κ1) is 18.8. The molecule has 0 aliphatic carbocycles. The average molecular weight is 393 g/mol. The number of para-hydroxylation sites is 1. The number of likely N-dealkylation sites (N-methyl/N-ethyl adjacent to an activating group) is 1. The molecule has 0 unspecified atom stereocenters. The van der Waals surface area contributed by atoms with Crippen LogP contribution in [0.15, 0.2) is 57.7 Å². The number of nitro benzene ring substituents is 1.